The predicted molar refractivity (Wildman–Crippen MR) is 20.9 cm³/mol. The Bertz CT molecular complexity index is 8.00. The molecule has 0 aliphatic rings. The van der Waals surface area contributed by atoms with Gasteiger partial charge in [0.15, 0.2) is 8.37 Å². The fourth-order valence-electron chi connectivity index (χ4n) is 0. The zero-order valence-corrected chi connectivity index (χ0v) is 3.23. The van der Waals surface area contributed by atoms with E-state index in [0.29, 0.717) is 0 Å². The van der Waals surface area contributed by atoms with Crippen molar-refractivity contribution in [1.82, 2.24) is 0 Å². The Morgan fingerprint density at radius 1 is 1.00 bits per heavy atom. The summed E-state index contributed by atoms with van der Waals surface area (Å²) in [5.74, 6) is 0. The molecule has 0 aromatic carbocycles. The maximum absolute atomic E-state index is 4.77. The van der Waals surface area contributed by atoms with E-state index in [9.17, 15) is 0 Å². The molecule has 26 valence electrons. The summed E-state index contributed by atoms with van der Waals surface area (Å²) in [6.07, 6.45) is 0. The minimum atomic E-state index is -1.38. The summed E-state index contributed by atoms with van der Waals surface area (Å²) < 4.78 is 0. The lowest BCUT2D eigenvalue weighted by Crippen LogP contribution is -2.05. The smallest absolute Gasteiger partial charge is 0.176 e. The van der Waals surface area contributed by atoms with Crippen LogP contribution in [-0.2, 0) is 0 Å². The van der Waals surface area contributed by atoms with E-state index < -0.39 is 8.37 Å². The summed E-state index contributed by atoms with van der Waals surface area (Å²) in [7, 11) is -1.38. The highest BCUT2D eigenvalue weighted by molar-refractivity contribution is 7.49. The van der Waals surface area contributed by atoms with Crippen LogP contribution >= 0.6 is 8.37 Å². The van der Waals surface area contributed by atoms with Crippen molar-refractivity contribution >= 4 is 8.37 Å². The van der Waals surface area contributed by atoms with Gasteiger partial charge in [-0.25, -0.2) is 0 Å². The largest absolute Gasteiger partial charge is 0.198 e. The molecule has 0 aromatic heterocycles. The van der Waals surface area contributed by atoms with Gasteiger partial charge in [-0.1, -0.05) is 0 Å². The summed E-state index contributed by atoms with van der Waals surface area (Å²) in [5, 5.41) is 0. The Balaban J connectivity index is 2.32. The molecular weight excluding hydrogens is 73.0 g/mol. The van der Waals surface area contributed by atoms with Gasteiger partial charge in [-0.15, -0.1) is 0 Å². The lowest BCUT2D eigenvalue weighted by molar-refractivity contribution is 1.69. The average molecular weight is 80.1 g/mol. The molecule has 0 saturated carbocycles. The van der Waals surface area contributed by atoms with Crippen molar-refractivity contribution in [3.05, 3.63) is 0 Å². The van der Waals surface area contributed by atoms with Gasteiger partial charge < -0.3 is 0 Å². The van der Waals surface area contributed by atoms with E-state index in [1.54, 1.807) is 0 Å². The Hall–Kier alpha value is 0.310. The molecule has 4 heteroatoms. The van der Waals surface area contributed by atoms with Crippen LogP contribution in [0.5, 0.6) is 0 Å². The van der Waals surface area contributed by atoms with Crippen LogP contribution in [-0.4, -0.2) is 0 Å². The standard InChI is InChI=1S/H6N3P/c1-4(2)3/h1-3H2/p+1. The number of hydrogen-bond acceptors (Lipinski definition) is 3. The van der Waals surface area contributed by atoms with E-state index in [4.69, 9.17) is 16.5 Å². The van der Waals surface area contributed by atoms with Gasteiger partial charge in [0.25, 0.3) is 0 Å². The Morgan fingerprint density at radius 2 is 1.00 bits per heavy atom. The first-order valence-corrected chi connectivity index (χ1v) is 2.60. The minimum Gasteiger partial charge on any atom is -0.176 e. The lowest BCUT2D eigenvalue weighted by Gasteiger charge is -1.73. The van der Waals surface area contributed by atoms with E-state index in [-0.39, 0.29) is 0 Å². The second-order valence-electron chi connectivity index (χ2n) is 0.500. The molecule has 0 unspecified atom stereocenters. The van der Waals surface area contributed by atoms with Crippen LogP contribution in [0.2, 0.25) is 0 Å². The van der Waals surface area contributed by atoms with Crippen LogP contribution < -0.4 is 16.5 Å². The molecule has 0 atom stereocenters. The normalized spacial score (nSPS) is 9.00. The molecule has 0 spiro atoms. The molecule has 0 aliphatic heterocycles. The van der Waals surface area contributed by atoms with Crippen molar-refractivity contribution in [2.75, 3.05) is 0 Å². The third-order valence-corrected chi connectivity index (χ3v) is 0. The SMILES string of the molecule is N[PH+](N)N. The molecule has 0 amide bonds. The molecule has 0 bridgehead atoms. The lowest BCUT2D eigenvalue weighted by atomic mass is 13.8. The zero-order valence-electron chi connectivity index (χ0n) is 2.23. The van der Waals surface area contributed by atoms with Gasteiger partial charge in [-0.05, 0) is 0 Å². The van der Waals surface area contributed by atoms with Crippen LogP contribution in [0.15, 0.2) is 0 Å². The molecule has 3 nitrogen and oxygen atoms in total. The molecular formula is H7N3P+. The van der Waals surface area contributed by atoms with Crippen molar-refractivity contribution in [1.29, 1.82) is 0 Å². The fourth-order valence-corrected chi connectivity index (χ4v) is 0. The van der Waals surface area contributed by atoms with Crippen LogP contribution in [0.1, 0.15) is 0 Å². The first kappa shape index (κ1) is 4.31. The van der Waals surface area contributed by atoms with Gasteiger partial charge in [0.2, 0.25) is 0 Å². The monoisotopic (exact) mass is 80.0 g/mol. The van der Waals surface area contributed by atoms with Crippen LogP contribution in [0.3, 0.4) is 0 Å². The zero-order chi connectivity index (χ0) is 3.58. The number of hydrogen-bond donors (Lipinski definition) is 3. The molecule has 0 aromatic rings. The topological polar surface area (TPSA) is 78.1 Å². The van der Waals surface area contributed by atoms with E-state index in [0.717, 1.165) is 0 Å². The molecule has 0 saturated heterocycles. The molecule has 0 rings (SSSR count). The van der Waals surface area contributed by atoms with Crippen LogP contribution in [0, 0.1) is 0 Å². The van der Waals surface area contributed by atoms with Crippen LogP contribution in [0.4, 0.5) is 0 Å². The summed E-state index contributed by atoms with van der Waals surface area (Å²) in [4.78, 5) is 0. The second kappa shape index (κ2) is 1.61. The van der Waals surface area contributed by atoms with E-state index in [1.165, 1.54) is 0 Å². The summed E-state index contributed by atoms with van der Waals surface area (Å²) in [6.45, 7) is 0. The number of nitrogens with two attached hydrogens (primary N) is 3. The molecule has 0 radical (unpaired) electrons. The molecule has 0 heterocycles. The number of rotatable bonds is 0. The minimum absolute atomic E-state index is 1.38. The Labute approximate surface area is 26.1 Å². The van der Waals surface area contributed by atoms with Gasteiger partial charge in [0.1, 0.15) is 0 Å². The molecule has 0 fully saturated rings. The van der Waals surface area contributed by atoms with E-state index in [2.05, 4.69) is 0 Å². The fraction of sp³-hybridized carbons (Fsp3) is 0. The van der Waals surface area contributed by atoms with Gasteiger partial charge in [0, 0.05) is 0 Å². The first-order valence-electron chi connectivity index (χ1n) is 0.866. The highest BCUT2D eigenvalue weighted by Crippen LogP contribution is 1.89. The Kier molecular flexibility index (Phi) is 1.74. The van der Waals surface area contributed by atoms with Gasteiger partial charge in [-0.3, -0.25) is 0 Å². The Morgan fingerprint density at radius 3 is 1.00 bits per heavy atom. The maximum atomic E-state index is 4.77. The quantitative estimate of drug-likeness (QED) is 0.320. The average Bonchev–Trinajstić information content (AvgIpc) is 0.811. The highest BCUT2D eigenvalue weighted by atomic mass is 31.1. The van der Waals surface area contributed by atoms with E-state index >= 15 is 0 Å². The predicted octanol–water partition coefficient (Wildman–Crippen LogP) is -1.18. The highest BCUT2D eigenvalue weighted by Gasteiger charge is 1.75. The van der Waals surface area contributed by atoms with Gasteiger partial charge in [0.05, 0.1) is 0 Å². The van der Waals surface area contributed by atoms with E-state index in [1.807, 2.05) is 0 Å². The van der Waals surface area contributed by atoms with Gasteiger partial charge >= 0.3 is 0 Å². The molecule has 6 N–H and O–H groups in total. The van der Waals surface area contributed by atoms with Crippen molar-refractivity contribution in [3.63, 3.8) is 0 Å². The third kappa shape index (κ3) is 41.3. The third-order valence-electron chi connectivity index (χ3n) is 0. The first-order chi connectivity index (χ1) is 1.73. The maximum Gasteiger partial charge on any atom is 0.198 e. The summed E-state index contributed by atoms with van der Waals surface area (Å²) in [6, 6.07) is 0. The molecule has 4 heavy (non-hydrogen) atoms. The molecule has 0 aliphatic carbocycles. The van der Waals surface area contributed by atoms with Crippen molar-refractivity contribution in [3.8, 4) is 0 Å². The van der Waals surface area contributed by atoms with Crippen molar-refractivity contribution < 1.29 is 0 Å². The summed E-state index contributed by atoms with van der Waals surface area (Å²) >= 11 is 0. The van der Waals surface area contributed by atoms with Gasteiger partial charge in [-0.2, -0.15) is 16.5 Å². The van der Waals surface area contributed by atoms with Crippen molar-refractivity contribution in [2.45, 2.75) is 0 Å². The van der Waals surface area contributed by atoms with Crippen molar-refractivity contribution in [2.24, 2.45) is 16.5 Å². The summed E-state index contributed by atoms with van der Waals surface area (Å²) in [5.41, 5.74) is 14.3. The van der Waals surface area contributed by atoms with Crippen LogP contribution in [0.25, 0.3) is 0 Å². The second-order valence-corrected chi connectivity index (χ2v) is 1.50.